The molecule has 0 bridgehead atoms. The normalized spacial score (nSPS) is 16.2. The molecule has 1 aliphatic carbocycles. The number of halogens is 2. The quantitative estimate of drug-likeness (QED) is 0.306. The Hall–Kier alpha value is -1.87. The van der Waals surface area contributed by atoms with Crippen molar-refractivity contribution in [3.8, 4) is 22.4 Å². The topological polar surface area (TPSA) is 12.9 Å². The van der Waals surface area contributed by atoms with Gasteiger partial charge in [-0.2, -0.15) is 0 Å². The number of hydrogen-bond donors (Lipinski definition) is 0. The van der Waals surface area contributed by atoms with Crippen molar-refractivity contribution in [3.05, 3.63) is 74.6 Å². The predicted molar refractivity (Wildman–Crippen MR) is 126 cm³/mol. The van der Waals surface area contributed by atoms with E-state index in [1.54, 1.807) is 6.07 Å². The molecule has 1 atom stereocenters. The van der Waals surface area contributed by atoms with Crippen LogP contribution in [0.2, 0.25) is 10.0 Å². The predicted octanol–water partition coefficient (Wildman–Crippen LogP) is 8.37. The van der Waals surface area contributed by atoms with Crippen molar-refractivity contribution in [1.29, 1.82) is 0 Å². The third-order valence-corrected chi connectivity index (χ3v) is 7.63. The van der Waals surface area contributed by atoms with Crippen LogP contribution in [-0.2, 0) is 12.8 Å². The average Bonchev–Trinajstić information content (AvgIpc) is 3.05. The lowest BCUT2D eigenvalue weighted by molar-refractivity contribution is 0.509. The maximum Gasteiger partial charge on any atom is 0.125 e. The first-order valence-corrected chi connectivity index (χ1v) is 11.6. The van der Waals surface area contributed by atoms with Crippen molar-refractivity contribution in [2.75, 3.05) is 0 Å². The average molecular weight is 438 g/mol. The van der Waals surface area contributed by atoms with Gasteiger partial charge in [0.1, 0.15) is 4.83 Å². The molecule has 0 aliphatic heterocycles. The highest BCUT2D eigenvalue weighted by Crippen LogP contribution is 2.46. The first kappa shape index (κ1) is 19.1. The second-order valence-corrected chi connectivity index (χ2v) is 9.91. The number of thiophene rings is 1. The van der Waals surface area contributed by atoms with Crippen molar-refractivity contribution < 1.29 is 0 Å². The zero-order valence-electron chi connectivity index (χ0n) is 16.4. The third-order valence-electron chi connectivity index (χ3n) is 5.94. The molecule has 1 aliphatic rings. The molecule has 2 aromatic heterocycles. The Balaban J connectivity index is 1.86. The Labute approximate surface area is 185 Å². The van der Waals surface area contributed by atoms with Gasteiger partial charge in [-0.1, -0.05) is 60.5 Å². The molecule has 1 unspecified atom stereocenters. The summed E-state index contributed by atoms with van der Waals surface area (Å²) in [6.45, 7) is 4.52. The van der Waals surface area contributed by atoms with E-state index in [0.29, 0.717) is 10.0 Å². The molecule has 0 amide bonds. The molecule has 0 radical (unpaired) electrons. The summed E-state index contributed by atoms with van der Waals surface area (Å²) >= 11 is 14.6. The Morgan fingerprint density at radius 1 is 1.07 bits per heavy atom. The van der Waals surface area contributed by atoms with Crippen LogP contribution in [0.25, 0.3) is 32.6 Å². The molecule has 4 aromatic rings. The fourth-order valence-electron chi connectivity index (χ4n) is 4.47. The first-order valence-electron chi connectivity index (χ1n) is 9.98. The summed E-state index contributed by atoms with van der Waals surface area (Å²) in [6, 6.07) is 16.3. The zero-order valence-corrected chi connectivity index (χ0v) is 18.8. The molecule has 0 fully saturated rings. The maximum atomic E-state index is 6.58. The van der Waals surface area contributed by atoms with E-state index < -0.39 is 0 Å². The lowest BCUT2D eigenvalue weighted by Crippen LogP contribution is -2.08. The van der Waals surface area contributed by atoms with Gasteiger partial charge in [0.2, 0.25) is 0 Å². The van der Waals surface area contributed by atoms with Crippen LogP contribution in [0.15, 0.2) is 48.5 Å². The van der Waals surface area contributed by atoms with Gasteiger partial charge in [-0.15, -0.1) is 11.3 Å². The number of aromatic nitrogens is 1. The molecule has 0 saturated carbocycles. The summed E-state index contributed by atoms with van der Waals surface area (Å²) in [6.07, 6.45) is 3.54. The summed E-state index contributed by atoms with van der Waals surface area (Å²) in [5.41, 5.74) is 7.10. The van der Waals surface area contributed by atoms with Gasteiger partial charge in [0, 0.05) is 20.8 Å². The van der Waals surface area contributed by atoms with Gasteiger partial charge in [0.25, 0.3) is 0 Å². The van der Waals surface area contributed by atoms with Crippen molar-refractivity contribution in [2.45, 2.75) is 33.1 Å². The highest BCUT2D eigenvalue weighted by Gasteiger charge is 2.26. The Bertz CT molecular complexity index is 1230. The van der Waals surface area contributed by atoms with Gasteiger partial charge in [-0.05, 0) is 72.6 Å². The summed E-state index contributed by atoms with van der Waals surface area (Å²) < 4.78 is 0. The molecule has 1 nitrogen and oxygen atoms in total. The van der Waals surface area contributed by atoms with Gasteiger partial charge in [-0.25, -0.2) is 4.98 Å². The van der Waals surface area contributed by atoms with Gasteiger partial charge in [0.15, 0.2) is 0 Å². The smallest absolute Gasteiger partial charge is 0.125 e. The molecule has 146 valence electrons. The summed E-state index contributed by atoms with van der Waals surface area (Å²) in [4.78, 5) is 7.76. The highest BCUT2D eigenvalue weighted by molar-refractivity contribution is 7.19. The van der Waals surface area contributed by atoms with Gasteiger partial charge < -0.3 is 0 Å². The number of benzene rings is 2. The number of fused-ring (bicyclic) bond motifs is 3. The number of hydrogen-bond acceptors (Lipinski definition) is 2. The lowest BCUT2D eigenvalue weighted by atomic mass is 9.86. The van der Waals surface area contributed by atoms with Crippen molar-refractivity contribution in [3.63, 3.8) is 0 Å². The van der Waals surface area contributed by atoms with Gasteiger partial charge >= 0.3 is 0 Å². The van der Waals surface area contributed by atoms with Crippen LogP contribution >= 0.6 is 34.5 Å². The molecule has 0 N–H and O–H groups in total. The number of rotatable bonds is 2. The Morgan fingerprint density at radius 3 is 2.62 bits per heavy atom. The van der Waals surface area contributed by atoms with Crippen LogP contribution in [0.5, 0.6) is 0 Å². The molecule has 4 heteroatoms. The molecule has 5 rings (SSSR count). The van der Waals surface area contributed by atoms with Crippen molar-refractivity contribution >= 4 is 44.8 Å². The number of nitrogens with zero attached hydrogens (tertiary/aromatic N) is 1. The van der Waals surface area contributed by atoms with Gasteiger partial charge in [0.05, 0.1) is 10.7 Å². The van der Waals surface area contributed by atoms with Crippen LogP contribution in [0, 0.1) is 12.8 Å². The lowest BCUT2D eigenvalue weighted by Gasteiger charge is -2.19. The van der Waals surface area contributed by atoms with E-state index in [2.05, 4.69) is 44.2 Å². The van der Waals surface area contributed by atoms with Gasteiger partial charge in [-0.3, -0.25) is 0 Å². The van der Waals surface area contributed by atoms with Crippen LogP contribution in [0.1, 0.15) is 29.3 Å². The van der Waals surface area contributed by atoms with Crippen LogP contribution in [-0.4, -0.2) is 4.98 Å². The standard InChI is InChI=1S/C25H21Cl2NS/c1-14-8-10-19-21(12-14)29-25-23(19)22(16-6-4-3-5-7-16)15(2)24(28-25)18-11-9-17(26)13-20(18)27/h3-7,9,11,13-14H,8,10,12H2,1-2H3. The monoisotopic (exact) mass is 437 g/mol. The molecule has 0 spiro atoms. The minimum absolute atomic E-state index is 0.640. The van der Waals surface area contributed by atoms with E-state index in [4.69, 9.17) is 28.2 Å². The Morgan fingerprint density at radius 2 is 1.86 bits per heavy atom. The van der Waals surface area contributed by atoms with E-state index in [0.717, 1.165) is 34.8 Å². The van der Waals surface area contributed by atoms with Crippen molar-refractivity contribution in [2.24, 2.45) is 5.92 Å². The van der Waals surface area contributed by atoms with E-state index in [1.807, 2.05) is 23.5 Å². The highest BCUT2D eigenvalue weighted by atomic mass is 35.5. The second kappa shape index (κ2) is 7.43. The molecule has 0 saturated heterocycles. The van der Waals surface area contributed by atoms with Crippen LogP contribution in [0.4, 0.5) is 0 Å². The molecule has 2 aromatic carbocycles. The summed E-state index contributed by atoms with van der Waals surface area (Å²) in [7, 11) is 0. The zero-order chi connectivity index (χ0) is 20.1. The number of pyridine rings is 1. The first-order chi connectivity index (χ1) is 14.0. The summed E-state index contributed by atoms with van der Waals surface area (Å²) in [5, 5.41) is 2.62. The van der Waals surface area contributed by atoms with E-state index in [-0.39, 0.29) is 0 Å². The summed E-state index contributed by atoms with van der Waals surface area (Å²) in [5.74, 6) is 0.738. The molecule has 29 heavy (non-hydrogen) atoms. The van der Waals surface area contributed by atoms with Crippen LogP contribution in [0.3, 0.4) is 0 Å². The third kappa shape index (κ3) is 3.28. The fourth-order valence-corrected chi connectivity index (χ4v) is 6.36. The number of aryl methyl sites for hydroxylation is 1. The molecule has 2 heterocycles. The maximum absolute atomic E-state index is 6.58. The van der Waals surface area contributed by atoms with E-state index >= 15 is 0 Å². The van der Waals surface area contributed by atoms with Crippen molar-refractivity contribution in [1.82, 2.24) is 4.98 Å². The largest absolute Gasteiger partial charge is 0.237 e. The fraction of sp³-hybridized carbons (Fsp3) is 0.240. The SMILES string of the molecule is Cc1c(-c2ccc(Cl)cc2Cl)nc2sc3c(c2c1-c1ccccc1)CCC(C)C3. The second-order valence-electron chi connectivity index (χ2n) is 7.98. The Kier molecular flexibility index (Phi) is 4.90. The van der Waals surface area contributed by atoms with E-state index in [9.17, 15) is 0 Å². The molecular formula is C25H21Cl2NS. The van der Waals surface area contributed by atoms with Crippen LogP contribution < -0.4 is 0 Å². The minimum Gasteiger partial charge on any atom is -0.237 e. The van der Waals surface area contributed by atoms with E-state index in [1.165, 1.54) is 38.9 Å². The molecular weight excluding hydrogens is 417 g/mol. The minimum atomic E-state index is 0.640.